The molecular formula is C14H18N2O2S2. The van der Waals surface area contributed by atoms with Crippen molar-refractivity contribution in [2.75, 3.05) is 5.75 Å². The van der Waals surface area contributed by atoms with Crippen LogP contribution in [0.5, 0.6) is 0 Å². The van der Waals surface area contributed by atoms with E-state index in [9.17, 15) is 4.79 Å². The molecule has 0 fully saturated rings. The topological polar surface area (TPSA) is 55.1 Å². The van der Waals surface area contributed by atoms with E-state index in [-0.39, 0.29) is 5.75 Å². The number of aryl methyl sites for hydroxylation is 1. The lowest BCUT2D eigenvalue weighted by molar-refractivity contribution is -0.133. The van der Waals surface area contributed by atoms with Crippen LogP contribution in [0.1, 0.15) is 36.6 Å². The molecule has 0 bridgehead atoms. The molecule has 0 saturated carbocycles. The van der Waals surface area contributed by atoms with Crippen LogP contribution in [0.2, 0.25) is 0 Å². The zero-order valence-electron chi connectivity index (χ0n) is 11.8. The molecule has 2 aromatic rings. The Labute approximate surface area is 126 Å². The molecule has 0 aliphatic carbocycles. The van der Waals surface area contributed by atoms with Crippen molar-refractivity contribution < 1.29 is 9.90 Å². The Morgan fingerprint density at radius 1 is 1.50 bits per heavy atom. The fourth-order valence-corrected chi connectivity index (χ4v) is 3.51. The van der Waals surface area contributed by atoms with E-state index in [1.54, 1.807) is 11.3 Å². The summed E-state index contributed by atoms with van der Waals surface area (Å²) in [5.74, 6) is -0.417. The molecular weight excluding hydrogens is 292 g/mol. The van der Waals surface area contributed by atoms with Gasteiger partial charge in [0.15, 0.2) is 5.16 Å². The summed E-state index contributed by atoms with van der Waals surface area (Å²) in [6.45, 7) is 7.10. The molecule has 0 amide bonds. The SMILES string of the molecule is Cc1cscc1Cn1c(C(C)C)cnc1SCC(=O)O. The minimum absolute atomic E-state index is 0.0389. The van der Waals surface area contributed by atoms with E-state index < -0.39 is 5.97 Å². The molecule has 20 heavy (non-hydrogen) atoms. The molecule has 0 unspecified atom stereocenters. The normalized spacial score (nSPS) is 11.2. The lowest BCUT2D eigenvalue weighted by Crippen LogP contribution is -2.08. The van der Waals surface area contributed by atoms with Gasteiger partial charge in [-0.2, -0.15) is 11.3 Å². The van der Waals surface area contributed by atoms with Crippen LogP contribution in [-0.2, 0) is 11.3 Å². The summed E-state index contributed by atoms with van der Waals surface area (Å²) in [7, 11) is 0. The minimum Gasteiger partial charge on any atom is -0.481 e. The van der Waals surface area contributed by atoms with E-state index in [0.717, 1.165) is 17.4 Å². The molecule has 0 radical (unpaired) electrons. The van der Waals surface area contributed by atoms with Gasteiger partial charge in [-0.1, -0.05) is 25.6 Å². The largest absolute Gasteiger partial charge is 0.481 e. The number of rotatable bonds is 6. The first kappa shape index (κ1) is 15.1. The molecule has 2 aromatic heterocycles. The van der Waals surface area contributed by atoms with Gasteiger partial charge in [0.25, 0.3) is 0 Å². The molecule has 0 aliphatic rings. The summed E-state index contributed by atoms with van der Waals surface area (Å²) in [5.41, 5.74) is 3.68. The van der Waals surface area contributed by atoms with Gasteiger partial charge in [-0.15, -0.1) is 0 Å². The van der Waals surface area contributed by atoms with Crippen molar-refractivity contribution in [1.82, 2.24) is 9.55 Å². The highest BCUT2D eigenvalue weighted by Gasteiger charge is 2.15. The maximum atomic E-state index is 10.7. The standard InChI is InChI=1S/C14H18N2O2S2/c1-9(2)12-4-15-14(20-8-13(17)18)16(12)5-11-7-19-6-10(11)3/h4,6-7,9H,5,8H2,1-3H3,(H,17,18). The smallest absolute Gasteiger partial charge is 0.313 e. The monoisotopic (exact) mass is 310 g/mol. The summed E-state index contributed by atoms with van der Waals surface area (Å²) >= 11 is 2.97. The number of aromatic nitrogens is 2. The summed E-state index contributed by atoms with van der Waals surface area (Å²) < 4.78 is 2.13. The van der Waals surface area contributed by atoms with Gasteiger partial charge in [-0.3, -0.25) is 4.79 Å². The molecule has 108 valence electrons. The number of carboxylic acids is 1. The molecule has 0 aromatic carbocycles. The maximum absolute atomic E-state index is 10.7. The van der Waals surface area contributed by atoms with E-state index in [1.165, 1.54) is 22.9 Å². The highest BCUT2D eigenvalue weighted by atomic mass is 32.2. The highest BCUT2D eigenvalue weighted by molar-refractivity contribution is 7.99. The van der Waals surface area contributed by atoms with Gasteiger partial charge in [0.2, 0.25) is 0 Å². The predicted molar refractivity (Wildman–Crippen MR) is 82.8 cm³/mol. The number of carboxylic acid groups (broad SMARTS) is 1. The third-order valence-electron chi connectivity index (χ3n) is 3.06. The maximum Gasteiger partial charge on any atom is 0.313 e. The lowest BCUT2D eigenvalue weighted by Gasteiger charge is -2.13. The number of nitrogens with zero attached hydrogens (tertiary/aromatic N) is 2. The van der Waals surface area contributed by atoms with Crippen LogP contribution in [-0.4, -0.2) is 26.4 Å². The molecule has 0 aliphatic heterocycles. The fraction of sp³-hybridized carbons (Fsp3) is 0.429. The number of imidazole rings is 1. The summed E-state index contributed by atoms with van der Waals surface area (Å²) in [6, 6.07) is 0. The van der Waals surface area contributed by atoms with Crippen molar-refractivity contribution >= 4 is 29.1 Å². The van der Waals surface area contributed by atoms with Crippen molar-refractivity contribution in [2.45, 2.75) is 38.4 Å². The third kappa shape index (κ3) is 3.43. The molecule has 2 heterocycles. The van der Waals surface area contributed by atoms with E-state index in [0.29, 0.717) is 5.92 Å². The molecule has 1 N–H and O–H groups in total. The Kier molecular flexibility index (Phi) is 4.88. The van der Waals surface area contributed by atoms with Gasteiger partial charge in [-0.05, 0) is 34.7 Å². The molecule has 0 saturated heterocycles. The second-order valence-electron chi connectivity index (χ2n) is 4.97. The van der Waals surface area contributed by atoms with Crippen LogP contribution in [0, 0.1) is 6.92 Å². The second kappa shape index (κ2) is 6.45. The summed E-state index contributed by atoms with van der Waals surface area (Å²) in [6.07, 6.45) is 1.86. The molecule has 2 rings (SSSR count). The average molecular weight is 310 g/mol. The number of hydrogen-bond acceptors (Lipinski definition) is 4. The van der Waals surface area contributed by atoms with Crippen LogP contribution < -0.4 is 0 Å². The molecule has 0 atom stereocenters. The molecule has 4 nitrogen and oxygen atoms in total. The zero-order valence-corrected chi connectivity index (χ0v) is 13.4. The van der Waals surface area contributed by atoms with Gasteiger partial charge in [-0.25, -0.2) is 4.98 Å². The first-order chi connectivity index (χ1) is 9.49. The van der Waals surface area contributed by atoms with Gasteiger partial charge >= 0.3 is 5.97 Å². The Morgan fingerprint density at radius 2 is 2.25 bits per heavy atom. The number of thiophene rings is 1. The van der Waals surface area contributed by atoms with Crippen molar-refractivity contribution in [2.24, 2.45) is 0 Å². The minimum atomic E-state index is -0.817. The number of aliphatic carboxylic acids is 1. The second-order valence-corrected chi connectivity index (χ2v) is 6.66. The predicted octanol–water partition coefficient (Wildman–Crippen LogP) is 3.60. The van der Waals surface area contributed by atoms with Gasteiger partial charge in [0.1, 0.15) is 0 Å². The third-order valence-corrected chi connectivity index (χ3v) is 4.94. The summed E-state index contributed by atoms with van der Waals surface area (Å²) in [5, 5.41) is 13.9. The number of thioether (sulfide) groups is 1. The first-order valence-corrected chi connectivity index (χ1v) is 8.33. The fourth-order valence-electron chi connectivity index (χ4n) is 1.95. The van der Waals surface area contributed by atoms with Crippen LogP contribution in [0.3, 0.4) is 0 Å². The van der Waals surface area contributed by atoms with Crippen molar-refractivity contribution in [3.05, 3.63) is 33.8 Å². The van der Waals surface area contributed by atoms with Crippen LogP contribution in [0.25, 0.3) is 0 Å². The van der Waals surface area contributed by atoms with Crippen molar-refractivity contribution in [3.63, 3.8) is 0 Å². The Bertz CT molecular complexity index is 602. The van der Waals surface area contributed by atoms with E-state index in [1.807, 2.05) is 6.20 Å². The number of carbonyl (C=O) groups is 1. The van der Waals surface area contributed by atoms with Gasteiger partial charge in [0.05, 0.1) is 12.3 Å². The Morgan fingerprint density at radius 3 is 2.80 bits per heavy atom. The van der Waals surface area contributed by atoms with Gasteiger partial charge < -0.3 is 9.67 Å². The lowest BCUT2D eigenvalue weighted by atomic mass is 10.1. The molecule has 0 spiro atoms. The first-order valence-electron chi connectivity index (χ1n) is 6.40. The van der Waals surface area contributed by atoms with Crippen LogP contribution >= 0.6 is 23.1 Å². The Hall–Kier alpha value is -1.27. The highest BCUT2D eigenvalue weighted by Crippen LogP contribution is 2.26. The zero-order chi connectivity index (χ0) is 14.7. The summed E-state index contributed by atoms with van der Waals surface area (Å²) in [4.78, 5) is 15.1. The average Bonchev–Trinajstić information content (AvgIpc) is 2.95. The van der Waals surface area contributed by atoms with E-state index in [4.69, 9.17) is 5.11 Å². The van der Waals surface area contributed by atoms with E-state index >= 15 is 0 Å². The van der Waals surface area contributed by atoms with Crippen LogP contribution in [0.4, 0.5) is 0 Å². The quantitative estimate of drug-likeness (QED) is 0.828. The molecule has 6 heteroatoms. The van der Waals surface area contributed by atoms with Crippen LogP contribution in [0.15, 0.2) is 22.1 Å². The van der Waals surface area contributed by atoms with Crippen molar-refractivity contribution in [1.29, 1.82) is 0 Å². The van der Waals surface area contributed by atoms with E-state index in [2.05, 4.69) is 41.1 Å². The van der Waals surface area contributed by atoms with Crippen molar-refractivity contribution in [3.8, 4) is 0 Å². The Balaban J connectivity index is 2.29. The van der Waals surface area contributed by atoms with Gasteiger partial charge in [0, 0.05) is 11.9 Å². The number of hydrogen-bond donors (Lipinski definition) is 1.